The second-order valence-electron chi connectivity index (χ2n) is 3.50. The number of aryl methyl sites for hydroxylation is 1. The zero-order chi connectivity index (χ0) is 12.3. The molecule has 1 aromatic carbocycles. The van der Waals surface area contributed by atoms with Crippen LogP contribution in [0, 0.1) is 6.92 Å². The topological polar surface area (TPSA) is 77.2 Å². The summed E-state index contributed by atoms with van der Waals surface area (Å²) in [6.45, 7) is 1.88. The van der Waals surface area contributed by atoms with Crippen molar-refractivity contribution in [2.24, 2.45) is 5.73 Å². The van der Waals surface area contributed by atoms with Crippen molar-refractivity contribution in [3.05, 3.63) is 46.5 Å². The van der Waals surface area contributed by atoms with Crippen molar-refractivity contribution < 1.29 is 13.2 Å². The maximum absolute atomic E-state index is 11.8. The van der Waals surface area contributed by atoms with Gasteiger partial charge in [-0.3, -0.25) is 4.79 Å². The summed E-state index contributed by atoms with van der Waals surface area (Å²) in [4.78, 5) is 11.4. The van der Waals surface area contributed by atoms with Gasteiger partial charge in [0.1, 0.15) is 4.91 Å². The molecule has 0 saturated heterocycles. The molecule has 1 aromatic rings. The van der Waals surface area contributed by atoms with E-state index >= 15 is 0 Å². The third-order valence-corrected chi connectivity index (χ3v) is 3.21. The van der Waals surface area contributed by atoms with Gasteiger partial charge in [0.25, 0.3) is 0 Å². The highest BCUT2D eigenvalue weighted by Crippen LogP contribution is 2.13. The summed E-state index contributed by atoms with van der Waals surface area (Å²) >= 11 is 0. The summed E-state index contributed by atoms with van der Waals surface area (Å²) in [7, 11) is -3.59. The number of sulfone groups is 1. The molecule has 0 unspecified atom stereocenters. The second kappa shape index (κ2) is 4.49. The standard InChI is InChI=1S/C11H13NO3S/c1-8-3-5-9(6-4-8)11(13)10(7-12)16(2,14)15/h3-7H,12H2,1-2H3/b10-7-. The Hall–Kier alpha value is -1.62. The van der Waals surface area contributed by atoms with E-state index in [-0.39, 0.29) is 4.91 Å². The summed E-state index contributed by atoms with van der Waals surface area (Å²) < 4.78 is 22.6. The highest BCUT2D eigenvalue weighted by atomic mass is 32.2. The monoisotopic (exact) mass is 239 g/mol. The summed E-state index contributed by atoms with van der Waals surface area (Å²) in [6, 6.07) is 6.63. The summed E-state index contributed by atoms with van der Waals surface area (Å²) in [5, 5.41) is 0. The maximum atomic E-state index is 11.8. The van der Waals surface area contributed by atoms with Gasteiger partial charge in [0, 0.05) is 18.0 Å². The first-order valence-corrected chi connectivity index (χ1v) is 6.48. The van der Waals surface area contributed by atoms with E-state index in [9.17, 15) is 13.2 Å². The Balaban J connectivity index is 3.17. The molecule has 0 aromatic heterocycles. The third-order valence-electron chi connectivity index (χ3n) is 2.09. The van der Waals surface area contributed by atoms with Crippen LogP contribution in [0.15, 0.2) is 35.4 Å². The van der Waals surface area contributed by atoms with Crippen molar-refractivity contribution in [3.63, 3.8) is 0 Å². The van der Waals surface area contributed by atoms with Gasteiger partial charge in [-0.05, 0) is 6.92 Å². The first-order chi connectivity index (χ1) is 7.36. The largest absolute Gasteiger partial charge is 0.403 e. The lowest BCUT2D eigenvalue weighted by atomic mass is 10.1. The highest BCUT2D eigenvalue weighted by molar-refractivity contribution is 7.95. The molecular weight excluding hydrogens is 226 g/mol. The molecule has 0 fully saturated rings. The fourth-order valence-corrected chi connectivity index (χ4v) is 1.92. The van der Waals surface area contributed by atoms with Crippen LogP contribution in [-0.2, 0) is 9.84 Å². The Labute approximate surface area is 94.7 Å². The smallest absolute Gasteiger partial charge is 0.205 e. The van der Waals surface area contributed by atoms with Crippen molar-refractivity contribution in [1.29, 1.82) is 0 Å². The number of nitrogens with two attached hydrogens (primary N) is 1. The van der Waals surface area contributed by atoms with Crippen molar-refractivity contribution >= 4 is 15.6 Å². The first-order valence-electron chi connectivity index (χ1n) is 4.59. The molecule has 4 nitrogen and oxygen atoms in total. The van der Waals surface area contributed by atoms with E-state index in [0.717, 1.165) is 18.0 Å². The van der Waals surface area contributed by atoms with Gasteiger partial charge in [0.2, 0.25) is 5.78 Å². The molecule has 0 aliphatic carbocycles. The molecule has 0 saturated carbocycles. The van der Waals surface area contributed by atoms with Gasteiger partial charge >= 0.3 is 0 Å². The van der Waals surface area contributed by atoms with Gasteiger partial charge < -0.3 is 5.73 Å². The number of carbonyl (C=O) groups excluding carboxylic acids is 1. The van der Waals surface area contributed by atoms with Gasteiger partial charge in [-0.2, -0.15) is 0 Å². The Bertz CT molecular complexity index is 527. The zero-order valence-electron chi connectivity index (χ0n) is 9.10. The molecule has 2 N–H and O–H groups in total. The molecule has 0 aliphatic rings. The SMILES string of the molecule is Cc1ccc(C(=O)/C(=C/N)S(C)(=O)=O)cc1. The first kappa shape index (κ1) is 12.4. The van der Waals surface area contributed by atoms with Gasteiger partial charge in [-0.25, -0.2) is 8.42 Å². The number of carbonyl (C=O) groups is 1. The van der Waals surface area contributed by atoms with Crippen LogP contribution in [0.1, 0.15) is 15.9 Å². The minimum Gasteiger partial charge on any atom is -0.403 e. The van der Waals surface area contributed by atoms with Crippen molar-refractivity contribution in [2.45, 2.75) is 6.92 Å². The number of hydrogen-bond acceptors (Lipinski definition) is 4. The molecule has 0 amide bonds. The van der Waals surface area contributed by atoms with Crippen molar-refractivity contribution in [3.8, 4) is 0 Å². The molecule has 0 heterocycles. The van der Waals surface area contributed by atoms with E-state index in [4.69, 9.17) is 5.73 Å². The minimum absolute atomic E-state index is 0.313. The zero-order valence-corrected chi connectivity index (χ0v) is 9.91. The molecule has 86 valence electrons. The molecule has 0 bridgehead atoms. The van der Waals surface area contributed by atoms with E-state index in [1.807, 2.05) is 6.92 Å². The lowest BCUT2D eigenvalue weighted by Crippen LogP contribution is -2.14. The molecule has 5 heteroatoms. The average molecular weight is 239 g/mol. The van der Waals surface area contributed by atoms with Crippen LogP contribution >= 0.6 is 0 Å². The van der Waals surface area contributed by atoms with E-state index in [1.165, 1.54) is 0 Å². The van der Waals surface area contributed by atoms with Crippen LogP contribution < -0.4 is 5.73 Å². The number of rotatable bonds is 3. The number of benzene rings is 1. The Kier molecular flexibility index (Phi) is 3.49. The van der Waals surface area contributed by atoms with Crippen LogP contribution in [0.2, 0.25) is 0 Å². The third kappa shape index (κ3) is 2.70. The van der Waals surface area contributed by atoms with Crippen LogP contribution in [0.3, 0.4) is 0 Å². The number of Topliss-reactive ketones (excluding diaryl/α,β-unsaturated/α-hetero) is 1. The fraction of sp³-hybridized carbons (Fsp3) is 0.182. The quantitative estimate of drug-likeness (QED) is 0.631. The van der Waals surface area contributed by atoms with Gasteiger partial charge in [0.15, 0.2) is 9.84 Å². The highest BCUT2D eigenvalue weighted by Gasteiger charge is 2.20. The van der Waals surface area contributed by atoms with E-state index in [0.29, 0.717) is 5.56 Å². The van der Waals surface area contributed by atoms with Crippen LogP contribution in [0.4, 0.5) is 0 Å². The number of allylic oxidation sites excluding steroid dienone is 1. The molecule has 0 spiro atoms. The van der Waals surface area contributed by atoms with E-state index in [2.05, 4.69) is 0 Å². The summed E-state index contributed by atoms with van der Waals surface area (Å²) in [6.07, 6.45) is 1.79. The van der Waals surface area contributed by atoms with E-state index in [1.54, 1.807) is 24.3 Å². The minimum atomic E-state index is -3.59. The lowest BCUT2D eigenvalue weighted by molar-refractivity contribution is 0.104. The maximum Gasteiger partial charge on any atom is 0.205 e. The molecule has 0 radical (unpaired) electrons. The van der Waals surface area contributed by atoms with Gasteiger partial charge in [-0.1, -0.05) is 29.8 Å². The predicted molar refractivity (Wildman–Crippen MR) is 62.6 cm³/mol. The van der Waals surface area contributed by atoms with Gasteiger partial charge in [0.05, 0.1) is 0 Å². The molecular formula is C11H13NO3S. The fourth-order valence-electron chi connectivity index (χ4n) is 1.21. The van der Waals surface area contributed by atoms with Crippen molar-refractivity contribution in [1.82, 2.24) is 0 Å². The Morgan fingerprint density at radius 1 is 1.25 bits per heavy atom. The number of hydrogen-bond donors (Lipinski definition) is 1. The van der Waals surface area contributed by atoms with Crippen LogP contribution in [0.25, 0.3) is 0 Å². The Morgan fingerprint density at radius 2 is 1.75 bits per heavy atom. The molecule has 0 atom stereocenters. The van der Waals surface area contributed by atoms with Crippen LogP contribution in [0.5, 0.6) is 0 Å². The van der Waals surface area contributed by atoms with Crippen LogP contribution in [-0.4, -0.2) is 20.5 Å². The summed E-state index contributed by atoms with van der Waals surface area (Å²) in [5.74, 6) is -0.579. The van der Waals surface area contributed by atoms with Crippen molar-refractivity contribution in [2.75, 3.05) is 6.26 Å². The van der Waals surface area contributed by atoms with E-state index < -0.39 is 15.6 Å². The normalized spacial score (nSPS) is 12.5. The van der Waals surface area contributed by atoms with Gasteiger partial charge in [-0.15, -0.1) is 0 Å². The summed E-state index contributed by atoms with van der Waals surface area (Å²) in [5.41, 5.74) is 6.47. The molecule has 16 heavy (non-hydrogen) atoms. The lowest BCUT2D eigenvalue weighted by Gasteiger charge is -2.03. The molecule has 0 aliphatic heterocycles. The average Bonchev–Trinajstić information content (AvgIpc) is 2.17. The Morgan fingerprint density at radius 3 is 2.12 bits per heavy atom. The number of ketones is 1. The molecule has 1 rings (SSSR count). The predicted octanol–water partition coefficient (Wildman–Crippen LogP) is 1.02. The second-order valence-corrected chi connectivity index (χ2v) is 5.48.